The molecule has 3 unspecified atom stereocenters. The molecule has 6 N–H and O–H groups in total. The first-order chi connectivity index (χ1) is 32.4. The minimum atomic E-state index is -0.898. The van der Waals surface area contributed by atoms with Crippen LogP contribution < -0.4 is 20.0 Å². The van der Waals surface area contributed by atoms with E-state index >= 15 is 0 Å². The second kappa shape index (κ2) is 19.8. The molecule has 3 aliphatic heterocycles. The minimum absolute atomic E-state index is 0. The Labute approximate surface area is 402 Å². The van der Waals surface area contributed by atoms with Gasteiger partial charge in [-0.15, -0.1) is 12.4 Å². The van der Waals surface area contributed by atoms with Crippen LogP contribution in [0.3, 0.4) is 0 Å². The van der Waals surface area contributed by atoms with E-state index in [9.17, 15) is 19.8 Å². The number of aromatic nitrogens is 9. The Hall–Kier alpha value is -5.63. The zero-order chi connectivity index (χ0) is 46.5. The largest absolute Gasteiger partial charge is 0.384 e. The summed E-state index contributed by atoms with van der Waals surface area (Å²) in [7, 11) is 6.37. The molecule has 0 aromatic carbocycles. The number of nitrogens with zero attached hydrogens (tertiary/aromatic N) is 11. The number of hydrogen-bond acceptors (Lipinski definition) is 14. The van der Waals surface area contributed by atoms with E-state index in [-0.39, 0.29) is 24.2 Å². The van der Waals surface area contributed by atoms with Crippen LogP contribution in [-0.4, -0.2) is 167 Å². The SMILES string of the molecule is CN(c1ncnc2[nH]ccc12)C1C[C@H]2CNC[C@H]2C1.C[C@@H](O)C(=O)N1C[C@H]2CC(N(C)c3ncnc4[nH]ccc34)C[C@H]2C1.C[C@@H](O)C(=O)N1C[C@H]2CC(N(C)c3ncnc4[nH]ccc34)C[C@H]2C1.Cl. The van der Waals surface area contributed by atoms with E-state index in [0.29, 0.717) is 41.8 Å². The predicted octanol–water partition coefficient (Wildman–Crippen LogP) is 3.84. The highest BCUT2D eigenvalue weighted by molar-refractivity contribution is 5.89. The number of nitrogens with one attached hydrogen (secondary N) is 4. The van der Waals surface area contributed by atoms with E-state index in [1.807, 2.05) is 40.5 Å². The number of amides is 2. The Kier molecular flexibility index (Phi) is 13.8. The van der Waals surface area contributed by atoms with Crippen LogP contribution in [0.5, 0.6) is 0 Å². The molecule has 0 bridgehead atoms. The maximum atomic E-state index is 12.0. The first kappa shape index (κ1) is 47.4. The lowest BCUT2D eigenvalue weighted by atomic mass is 10.0. The summed E-state index contributed by atoms with van der Waals surface area (Å²) in [6, 6.07) is 7.57. The molecule has 9 heterocycles. The van der Waals surface area contributed by atoms with Gasteiger partial charge >= 0.3 is 0 Å². The Bertz CT molecular complexity index is 2520. The van der Waals surface area contributed by atoms with E-state index in [1.54, 1.807) is 32.8 Å². The average Bonchev–Trinajstić information content (AvgIpc) is 4.16. The van der Waals surface area contributed by atoms with E-state index in [0.717, 1.165) is 114 Å². The molecule has 3 saturated heterocycles. The van der Waals surface area contributed by atoms with Gasteiger partial charge in [-0.2, -0.15) is 0 Å². The quantitative estimate of drug-likeness (QED) is 0.128. The number of aromatic amines is 3. The molecule has 364 valence electrons. The van der Waals surface area contributed by atoms with Crippen LogP contribution in [-0.2, 0) is 9.59 Å². The number of aliphatic hydroxyl groups is 2. The van der Waals surface area contributed by atoms with Gasteiger partial charge in [0.1, 0.15) is 65.6 Å². The fourth-order valence-corrected chi connectivity index (χ4v) is 12.4. The van der Waals surface area contributed by atoms with Gasteiger partial charge in [0.15, 0.2) is 0 Å². The highest BCUT2D eigenvalue weighted by Gasteiger charge is 2.46. The zero-order valence-corrected chi connectivity index (χ0v) is 40.4. The number of rotatable bonds is 8. The number of anilines is 3. The summed E-state index contributed by atoms with van der Waals surface area (Å²) in [5.41, 5.74) is 2.65. The summed E-state index contributed by atoms with van der Waals surface area (Å²) < 4.78 is 0. The molecule has 6 aromatic rings. The standard InChI is InChI=1S/2C17H23N5O2.C14H19N5.ClH/c2*1-10(23)17(24)22-7-11-5-13(6-12(11)8-22)21(2)16-14-3-4-18-15(14)19-9-20-16;1-19(11-4-9-6-15-7-10(9)5-11)14-12-2-3-16-13(12)17-8-18-14;/h2*3-4,9-13,23H,5-8H2,1-2H3,(H,18,19,20);2-3,8-11,15H,4-7H2,1H3,(H,16,17,18);1H/t2*10-,11-,12+,13?;9-,10+,11?;/m11../s1. The number of likely N-dealkylation sites (tertiary alicyclic amines) is 2. The van der Waals surface area contributed by atoms with Gasteiger partial charge in [-0.1, -0.05) is 0 Å². The van der Waals surface area contributed by atoms with E-state index in [4.69, 9.17) is 0 Å². The van der Waals surface area contributed by atoms with Crippen LogP contribution in [0.4, 0.5) is 17.5 Å². The zero-order valence-electron chi connectivity index (χ0n) is 39.6. The van der Waals surface area contributed by atoms with Crippen molar-refractivity contribution in [3.05, 3.63) is 55.8 Å². The van der Waals surface area contributed by atoms with Gasteiger partial charge in [0, 0.05) is 84.0 Å². The molecular formula is C48H66ClN15O4. The lowest BCUT2D eigenvalue weighted by molar-refractivity contribution is -0.139. The summed E-state index contributed by atoms with van der Waals surface area (Å²) >= 11 is 0. The molecule has 6 aliphatic rings. The molecule has 6 fully saturated rings. The van der Waals surface area contributed by atoms with Crippen LogP contribution >= 0.6 is 12.4 Å². The fraction of sp³-hybridized carbons (Fsp3) is 0.583. The van der Waals surface area contributed by atoms with Crippen molar-refractivity contribution in [1.29, 1.82) is 0 Å². The first-order valence-corrected chi connectivity index (χ1v) is 24.1. The van der Waals surface area contributed by atoms with Crippen molar-refractivity contribution >= 4 is 74.8 Å². The molecule has 68 heavy (non-hydrogen) atoms. The molecule has 3 saturated carbocycles. The van der Waals surface area contributed by atoms with Gasteiger partial charge in [0.05, 0.1) is 16.2 Å². The molecule has 6 aromatic heterocycles. The Morgan fingerprint density at radius 3 is 1.12 bits per heavy atom. The molecule has 11 atom stereocenters. The number of carbonyl (C=O) groups excluding carboxylic acids is 2. The van der Waals surface area contributed by atoms with Crippen molar-refractivity contribution in [2.24, 2.45) is 35.5 Å². The topological polar surface area (TPSA) is 228 Å². The molecule has 19 nitrogen and oxygen atoms in total. The number of hydrogen-bond donors (Lipinski definition) is 6. The second-order valence-electron chi connectivity index (χ2n) is 20.1. The molecule has 3 aliphatic carbocycles. The number of H-pyrrole nitrogens is 3. The third kappa shape index (κ3) is 9.17. The molecular weight excluding hydrogens is 886 g/mol. The van der Waals surface area contributed by atoms with Crippen molar-refractivity contribution in [1.82, 2.24) is 60.0 Å². The summed E-state index contributed by atoms with van der Waals surface area (Å²) in [5.74, 6) is 6.49. The highest BCUT2D eigenvalue weighted by atomic mass is 35.5. The molecule has 12 rings (SSSR count). The van der Waals surface area contributed by atoms with Crippen molar-refractivity contribution in [3.63, 3.8) is 0 Å². The molecule has 20 heteroatoms. The van der Waals surface area contributed by atoms with Gasteiger partial charge in [-0.3, -0.25) is 9.59 Å². The van der Waals surface area contributed by atoms with Crippen molar-refractivity contribution in [2.75, 3.05) is 75.1 Å². The third-order valence-electron chi connectivity index (χ3n) is 16.1. The number of halogens is 1. The second-order valence-corrected chi connectivity index (χ2v) is 20.1. The molecule has 2 amide bonds. The summed E-state index contributed by atoms with van der Waals surface area (Å²) in [4.78, 5) is 70.1. The van der Waals surface area contributed by atoms with Crippen LogP contribution in [0.2, 0.25) is 0 Å². The molecule has 0 spiro atoms. The lowest BCUT2D eigenvalue weighted by Crippen LogP contribution is -2.38. The number of aliphatic hydroxyl groups excluding tert-OH is 2. The predicted molar refractivity (Wildman–Crippen MR) is 264 cm³/mol. The normalized spacial score (nSPS) is 27.7. The Morgan fingerprint density at radius 1 is 0.529 bits per heavy atom. The maximum Gasteiger partial charge on any atom is 0.251 e. The van der Waals surface area contributed by atoms with Gasteiger partial charge in [0.2, 0.25) is 0 Å². The van der Waals surface area contributed by atoms with Crippen LogP contribution in [0, 0.1) is 35.5 Å². The Balaban J connectivity index is 0.000000127. The van der Waals surface area contributed by atoms with Crippen molar-refractivity contribution in [2.45, 2.75) is 82.7 Å². The monoisotopic (exact) mass is 952 g/mol. The highest BCUT2D eigenvalue weighted by Crippen LogP contribution is 2.43. The smallest absolute Gasteiger partial charge is 0.251 e. The van der Waals surface area contributed by atoms with Crippen LogP contribution in [0.1, 0.15) is 52.4 Å². The Morgan fingerprint density at radius 2 is 0.824 bits per heavy atom. The maximum absolute atomic E-state index is 12.0. The van der Waals surface area contributed by atoms with Crippen molar-refractivity contribution in [3.8, 4) is 0 Å². The van der Waals surface area contributed by atoms with Gasteiger partial charge in [0.25, 0.3) is 11.8 Å². The average molecular weight is 953 g/mol. The van der Waals surface area contributed by atoms with Gasteiger partial charge in [-0.25, -0.2) is 29.9 Å². The van der Waals surface area contributed by atoms with Crippen LogP contribution in [0.15, 0.2) is 55.8 Å². The first-order valence-electron chi connectivity index (χ1n) is 24.1. The summed E-state index contributed by atoms with van der Waals surface area (Å²) in [6.45, 7) is 8.54. The van der Waals surface area contributed by atoms with Gasteiger partial charge in [-0.05, 0) is 119 Å². The van der Waals surface area contributed by atoms with E-state index < -0.39 is 12.2 Å². The third-order valence-corrected chi connectivity index (χ3v) is 16.1. The number of fused-ring (bicyclic) bond motifs is 6. The lowest BCUT2D eigenvalue weighted by Gasteiger charge is -2.28. The number of carbonyl (C=O) groups is 2. The van der Waals surface area contributed by atoms with Crippen LogP contribution in [0.25, 0.3) is 33.1 Å². The summed E-state index contributed by atoms with van der Waals surface area (Å²) in [5, 5.41) is 25.7. The fourth-order valence-electron chi connectivity index (χ4n) is 12.4. The minimum Gasteiger partial charge on any atom is -0.384 e. The molecule has 0 radical (unpaired) electrons. The van der Waals surface area contributed by atoms with E-state index in [1.165, 1.54) is 25.9 Å². The summed E-state index contributed by atoms with van der Waals surface area (Å²) in [6.07, 6.45) is 15.6. The van der Waals surface area contributed by atoms with E-state index in [2.05, 4.69) is 92.1 Å². The van der Waals surface area contributed by atoms with Crippen molar-refractivity contribution < 1.29 is 19.8 Å². The van der Waals surface area contributed by atoms with Gasteiger partial charge < -0.3 is 55.0 Å².